The smallest absolute Gasteiger partial charge is 0.305 e. The fourth-order valence-corrected chi connectivity index (χ4v) is 4.57. The highest BCUT2D eigenvalue weighted by atomic mass is 16.5. The third-order valence-electron chi connectivity index (χ3n) is 6.85. The van der Waals surface area contributed by atoms with E-state index in [1.807, 2.05) is 0 Å². The van der Waals surface area contributed by atoms with Crippen LogP contribution < -0.4 is 0 Å². The predicted octanol–water partition coefficient (Wildman–Crippen LogP) is 8.66. The minimum absolute atomic E-state index is 0.0112. The maximum Gasteiger partial charge on any atom is 0.305 e. The monoisotopic (exact) mass is 484 g/mol. The third kappa shape index (κ3) is 29.4. The van der Waals surface area contributed by atoms with Crippen LogP contribution >= 0.6 is 0 Å². The lowest BCUT2D eigenvalue weighted by Crippen LogP contribution is -2.05. The third-order valence-corrected chi connectivity index (χ3v) is 6.85. The molecule has 4 heteroatoms. The summed E-state index contributed by atoms with van der Waals surface area (Å²) in [5.41, 5.74) is 0. The first-order valence-electron chi connectivity index (χ1n) is 15.2. The van der Waals surface area contributed by atoms with Crippen LogP contribution in [0.25, 0.3) is 0 Å². The summed E-state index contributed by atoms with van der Waals surface area (Å²) in [5.74, 6) is 0.0112. The Labute approximate surface area is 212 Å². The number of hydrogen-bond acceptors (Lipinski definition) is 4. The minimum Gasteiger partial charge on any atom is -0.466 e. The van der Waals surface area contributed by atoms with Gasteiger partial charge in [-0.25, -0.2) is 0 Å². The molecule has 1 saturated heterocycles. The van der Waals surface area contributed by atoms with E-state index in [1.165, 1.54) is 135 Å². The highest BCUT2D eigenvalue weighted by molar-refractivity contribution is 5.69. The average Bonchev–Trinajstić information content (AvgIpc) is 2.84. The fourth-order valence-electron chi connectivity index (χ4n) is 4.57. The summed E-state index contributed by atoms with van der Waals surface area (Å²) in [7, 11) is 0. The number of unbranched alkanes of at least 4 members (excludes halogenated alkanes) is 12. The SMILES string of the molecule is O=C1CCCCCCCCCCCCCCO1.OCCCCCCCCCCCCCCCO. The first-order valence-corrected chi connectivity index (χ1v) is 15.2. The molecular formula is C30H60O4. The molecule has 0 saturated carbocycles. The molecule has 1 aliphatic heterocycles. The molecular weight excluding hydrogens is 424 g/mol. The minimum atomic E-state index is 0.0112. The van der Waals surface area contributed by atoms with Crippen molar-refractivity contribution in [2.24, 2.45) is 0 Å². The van der Waals surface area contributed by atoms with Gasteiger partial charge in [0.05, 0.1) is 6.61 Å². The summed E-state index contributed by atoms with van der Waals surface area (Å²) in [6, 6.07) is 0. The zero-order valence-electron chi connectivity index (χ0n) is 22.7. The van der Waals surface area contributed by atoms with E-state index in [-0.39, 0.29) is 5.97 Å². The topological polar surface area (TPSA) is 66.8 Å². The Hall–Kier alpha value is -0.610. The molecule has 1 heterocycles. The standard InChI is InChI=1S/C15H28O2.C15H32O2/c16-15-13-11-9-7-5-3-1-2-4-6-8-10-12-14-17-15;16-14-12-10-8-6-4-2-1-3-5-7-9-11-13-15-17/h1-14H2;16-17H,1-15H2. The number of hydrogen-bond donors (Lipinski definition) is 2. The Morgan fingerprint density at radius 3 is 1.09 bits per heavy atom. The number of carbonyl (C=O) groups excluding carboxylic acids is 1. The molecule has 34 heavy (non-hydrogen) atoms. The van der Waals surface area contributed by atoms with Gasteiger partial charge in [0, 0.05) is 19.6 Å². The molecule has 2 N–H and O–H groups in total. The molecule has 204 valence electrons. The number of esters is 1. The summed E-state index contributed by atoms with van der Waals surface area (Å²) in [5, 5.41) is 17.3. The van der Waals surface area contributed by atoms with Crippen molar-refractivity contribution in [3.05, 3.63) is 0 Å². The maximum absolute atomic E-state index is 11.4. The van der Waals surface area contributed by atoms with E-state index in [9.17, 15) is 4.79 Å². The van der Waals surface area contributed by atoms with Gasteiger partial charge in [-0.05, 0) is 25.7 Å². The van der Waals surface area contributed by atoms with Crippen LogP contribution in [0.2, 0.25) is 0 Å². The van der Waals surface area contributed by atoms with Crippen molar-refractivity contribution in [3.8, 4) is 0 Å². The van der Waals surface area contributed by atoms with Gasteiger partial charge in [0.15, 0.2) is 0 Å². The van der Waals surface area contributed by atoms with E-state index in [0.29, 0.717) is 26.2 Å². The maximum atomic E-state index is 11.4. The lowest BCUT2D eigenvalue weighted by Gasteiger charge is -2.06. The molecule has 1 rings (SSSR count). The van der Waals surface area contributed by atoms with Crippen LogP contribution in [0.3, 0.4) is 0 Å². The molecule has 0 bridgehead atoms. The number of aliphatic hydroxyl groups is 2. The van der Waals surface area contributed by atoms with Crippen LogP contribution in [0.5, 0.6) is 0 Å². The quantitative estimate of drug-likeness (QED) is 0.191. The summed E-state index contributed by atoms with van der Waals surface area (Å²) >= 11 is 0. The van der Waals surface area contributed by atoms with Crippen LogP contribution in [-0.4, -0.2) is 36.0 Å². The van der Waals surface area contributed by atoms with Crippen molar-refractivity contribution in [2.75, 3.05) is 19.8 Å². The lowest BCUT2D eigenvalue weighted by atomic mass is 10.0. The van der Waals surface area contributed by atoms with Crippen LogP contribution in [0.4, 0.5) is 0 Å². The summed E-state index contributed by atoms with van der Waals surface area (Å²) in [6.07, 6.45) is 32.5. The summed E-state index contributed by atoms with van der Waals surface area (Å²) in [4.78, 5) is 11.4. The van der Waals surface area contributed by atoms with E-state index >= 15 is 0 Å². The second-order valence-corrected chi connectivity index (χ2v) is 10.3. The zero-order valence-corrected chi connectivity index (χ0v) is 22.7. The molecule has 1 fully saturated rings. The van der Waals surface area contributed by atoms with Gasteiger partial charge < -0.3 is 14.9 Å². The summed E-state index contributed by atoms with van der Waals surface area (Å²) < 4.78 is 5.20. The Morgan fingerprint density at radius 2 is 0.735 bits per heavy atom. The van der Waals surface area contributed by atoms with Gasteiger partial charge >= 0.3 is 5.97 Å². The molecule has 0 radical (unpaired) electrons. The summed E-state index contributed by atoms with van der Waals surface area (Å²) in [6.45, 7) is 1.35. The largest absolute Gasteiger partial charge is 0.466 e. The van der Waals surface area contributed by atoms with Crippen LogP contribution in [-0.2, 0) is 9.53 Å². The molecule has 0 aromatic carbocycles. The number of rotatable bonds is 14. The van der Waals surface area contributed by atoms with Gasteiger partial charge in [-0.3, -0.25) is 4.79 Å². The van der Waals surface area contributed by atoms with Gasteiger partial charge in [-0.1, -0.05) is 135 Å². The fraction of sp³-hybridized carbons (Fsp3) is 0.967. The van der Waals surface area contributed by atoms with Crippen molar-refractivity contribution >= 4 is 5.97 Å². The number of carbonyl (C=O) groups is 1. The highest BCUT2D eigenvalue weighted by Crippen LogP contribution is 2.14. The average molecular weight is 485 g/mol. The molecule has 0 unspecified atom stereocenters. The van der Waals surface area contributed by atoms with Gasteiger partial charge in [0.25, 0.3) is 0 Å². The Morgan fingerprint density at radius 1 is 0.441 bits per heavy atom. The Kier molecular flexibility index (Phi) is 29.9. The molecule has 0 aliphatic carbocycles. The van der Waals surface area contributed by atoms with Crippen LogP contribution in [0.1, 0.15) is 167 Å². The molecule has 1 aliphatic rings. The predicted molar refractivity (Wildman–Crippen MR) is 145 cm³/mol. The van der Waals surface area contributed by atoms with Gasteiger partial charge in [-0.2, -0.15) is 0 Å². The molecule has 4 nitrogen and oxygen atoms in total. The first kappa shape index (κ1) is 33.4. The molecule has 0 aromatic rings. The van der Waals surface area contributed by atoms with Crippen molar-refractivity contribution in [1.29, 1.82) is 0 Å². The first-order chi connectivity index (χ1) is 16.8. The van der Waals surface area contributed by atoms with E-state index < -0.39 is 0 Å². The van der Waals surface area contributed by atoms with E-state index in [4.69, 9.17) is 14.9 Å². The highest BCUT2D eigenvalue weighted by Gasteiger charge is 2.03. The van der Waals surface area contributed by atoms with E-state index in [1.54, 1.807) is 0 Å². The zero-order chi connectivity index (χ0) is 24.8. The van der Waals surface area contributed by atoms with E-state index in [0.717, 1.165) is 25.7 Å². The van der Waals surface area contributed by atoms with Gasteiger partial charge in [0.1, 0.15) is 0 Å². The van der Waals surface area contributed by atoms with Crippen molar-refractivity contribution in [3.63, 3.8) is 0 Å². The van der Waals surface area contributed by atoms with E-state index in [2.05, 4.69) is 0 Å². The molecule has 0 amide bonds. The second kappa shape index (κ2) is 30.4. The second-order valence-electron chi connectivity index (χ2n) is 10.3. The normalized spacial score (nSPS) is 16.9. The number of aliphatic hydroxyl groups excluding tert-OH is 2. The van der Waals surface area contributed by atoms with Crippen LogP contribution in [0.15, 0.2) is 0 Å². The molecule has 0 spiro atoms. The molecule has 0 atom stereocenters. The number of ether oxygens (including phenoxy) is 1. The van der Waals surface area contributed by atoms with Crippen LogP contribution in [0, 0.1) is 0 Å². The lowest BCUT2D eigenvalue weighted by molar-refractivity contribution is -0.143. The Bertz CT molecular complexity index is 354. The van der Waals surface area contributed by atoms with Gasteiger partial charge in [0.2, 0.25) is 0 Å². The molecule has 0 aromatic heterocycles. The van der Waals surface area contributed by atoms with Crippen molar-refractivity contribution in [1.82, 2.24) is 0 Å². The van der Waals surface area contributed by atoms with Gasteiger partial charge in [-0.15, -0.1) is 0 Å². The Balaban J connectivity index is 0.000000641. The van der Waals surface area contributed by atoms with Crippen molar-refractivity contribution < 1.29 is 19.7 Å². The van der Waals surface area contributed by atoms with Crippen molar-refractivity contribution in [2.45, 2.75) is 167 Å². The number of cyclic esters (lactones) is 1.